The van der Waals surface area contributed by atoms with Gasteiger partial charge in [-0.2, -0.15) is 10.1 Å². The van der Waals surface area contributed by atoms with Crippen LogP contribution in [-0.2, 0) is 13.6 Å². The molecule has 1 atom stereocenters. The Kier molecular flexibility index (Phi) is 3.57. The Morgan fingerprint density at radius 2 is 2.00 bits per heavy atom. The summed E-state index contributed by atoms with van der Waals surface area (Å²) in [5.41, 5.74) is 5.74. The van der Waals surface area contributed by atoms with E-state index < -0.39 is 0 Å². The maximum atomic E-state index is 13.2. The molecule has 26 heavy (non-hydrogen) atoms. The number of aryl methyl sites for hydroxylation is 2. The lowest BCUT2D eigenvalue weighted by Crippen LogP contribution is -2.40. The summed E-state index contributed by atoms with van der Waals surface area (Å²) in [6.07, 6.45) is 0. The summed E-state index contributed by atoms with van der Waals surface area (Å²) >= 11 is 0. The summed E-state index contributed by atoms with van der Waals surface area (Å²) in [4.78, 5) is 30.4. The van der Waals surface area contributed by atoms with Gasteiger partial charge in [-0.05, 0) is 26.3 Å². The third-order valence-corrected chi connectivity index (χ3v) is 4.92. The first-order chi connectivity index (χ1) is 12.4. The number of nitrogens with zero attached hydrogens (tertiary/aromatic N) is 5. The van der Waals surface area contributed by atoms with Crippen LogP contribution < -0.4 is 16.7 Å². The molecular formula is C18H20N6O2. The highest BCUT2D eigenvalue weighted by Crippen LogP contribution is 2.25. The highest BCUT2D eigenvalue weighted by Gasteiger charge is 2.26. The summed E-state index contributed by atoms with van der Waals surface area (Å²) in [6.45, 7) is 6.05. The molecule has 0 bridgehead atoms. The first-order valence-electron chi connectivity index (χ1n) is 8.46. The van der Waals surface area contributed by atoms with Crippen molar-refractivity contribution in [3.63, 3.8) is 0 Å². The molecule has 1 aliphatic heterocycles. The van der Waals surface area contributed by atoms with Gasteiger partial charge in [0.25, 0.3) is 5.56 Å². The van der Waals surface area contributed by atoms with Gasteiger partial charge in [0.05, 0.1) is 18.3 Å². The van der Waals surface area contributed by atoms with E-state index in [1.54, 1.807) is 7.05 Å². The summed E-state index contributed by atoms with van der Waals surface area (Å²) in [6, 6.07) is 7.68. The van der Waals surface area contributed by atoms with Crippen molar-refractivity contribution in [2.75, 3.05) is 5.43 Å². The molecule has 1 N–H and O–H groups in total. The molecule has 0 aliphatic carbocycles. The molecule has 0 fully saturated rings. The molecule has 8 heteroatoms. The molecule has 0 unspecified atom stereocenters. The fraction of sp³-hybridized carbons (Fsp3) is 0.333. The van der Waals surface area contributed by atoms with Crippen LogP contribution >= 0.6 is 0 Å². The Bertz CT molecular complexity index is 1180. The molecule has 0 saturated carbocycles. The lowest BCUT2D eigenvalue weighted by atomic mass is 10.1. The monoisotopic (exact) mass is 352 g/mol. The van der Waals surface area contributed by atoms with Crippen LogP contribution in [0.15, 0.2) is 39.0 Å². The van der Waals surface area contributed by atoms with Crippen molar-refractivity contribution in [2.24, 2.45) is 12.1 Å². The van der Waals surface area contributed by atoms with Crippen molar-refractivity contribution in [1.82, 2.24) is 18.7 Å². The molecule has 8 nitrogen and oxygen atoms in total. The summed E-state index contributed by atoms with van der Waals surface area (Å²) in [7, 11) is 1.63. The Morgan fingerprint density at radius 1 is 1.23 bits per heavy atom. The van der Waals surface area contributed by atoms with E-state index in [-0.39, 0.29) is 23.8 Å². The summed E-state index contributed by atoms with van der Waals surface area (Å²) in [5.74, 6) is 0.471. The van der Waals surface area contributed by atoms with Gasteiger partial charge in [-0.15, -0.1) is 0 Å². The minimum Gasteiger partial charge on any atom is -0.294 e. The SMILES string of the molecule is CC1=NNc2nc3c(c(=O)n(Cc4cccc(C)c4)c(=O)n3C)n2[C@H]1C. The zero-order valence-electron chi connectivity index (χ0n) is 15.1. The van der Waals surface area contributed by atoms with Crippen molar-refractivity contribution < 1.29 is 0 Å². The number of fused-ring (bicyclic) bond motifs is 3. The fourth-order valence-corrected chi connectivity index (χ4v) is 3.35. The maximum absolute atomic E-state index is 13.2. The summed E-state index contributed by atoms with van der Waals surface area (Å²) < 4.78 is 4.49. The topological polar surface area (TPSA) is 86.2 Å². The van der Waals surface area contributed by atoms with E-state index in [9.17, 15) is 9.59 Å². The zero-order valence-corrected chi connectivity index (χ0v) is 15.1. The molecule has 0 amide bonds. The van der Waals surface area contributed by atoms with Gasteiger partial charge in [0.15, 0.2) is 11.2 Å². The fourth-order valence-electron chi connectivity index (χ4n) is 3.35. The number of hydrogen-bond acceptors (Lipinski definition) is 5. The van der Waals surface area contributed by atoms with Crippen molar-refractivity contribution in [3.8, 4) is 0 Å². The largest absolute Gasteiger partial charge is 0.332 e. The van der Waals surface area contributed by atoms with Gasteiger partial charge < -0.3 is 0 Å². The lowest BCUT2D eigenvalue weighted by Gasteiger charge is -2.21. The third-order valence-electron chi connectivity index (χ3n) is 4.92. The molecule has 0 radical (unpaired) electrons. The van der Waals surface area contributed by atoms with E-state index in [0.717, 1.165) is 16.8 Å². The first-order valence-corrected chi connectivity index (χ1v) is 8.46. The molecule has 0 saturated heterocycles. The molecule has 3 heterocycles. The number of nitrogens with one attached hydrogen (secondary N) is 1. The van der Waals surface area contributed by atoms with Gasteiger partial charge in [0, 0.05) is 7.05 Å². The van der Waals surface area contributed by atoms with E-state index in [1.165, 1.54) is 9.13 Å². The maximum Gasteiger partial charge on any atom is 0.332 e. The van der Waals surface area contributed by atoms with Gasteiger partial charge >= 0.3 is 5.69 Å². The average molecular weight is 352 g/mol. The predicted octanol–water partition coefficient (Wildman–Crippen LogP) is 1.62. The quantitative estimate of drug-likeness (QED) is 0.759. The number of aromatic nitrogens is 4. The standard InChI is InChI=1S/C18H20N6O2/c1-10-6-5-7-13(8-10)9-23-16(25)14-15(22(4)18(23)26)19-17-21-20-11(2)12(3)24(14)17/h5-8,12H,9H2,1-4H3,(H,19,21)/t12-/m0/s1. The Morgan fingerprint density at radius 3 is 2.73 bits per heavy atom. The van der Waals surface area contributed by atoms with E-state index in [4.69, 9.17) is 0 Å². The number of benzene rings is 1. The normalized spacial score (nSPS) is 16.3. The van der Waals surface area contributed by atoms with Gasteiger partial charge in [0.2, 0.25) is 5.95 Å². The van der Waals surface area contributed by atoms with Crippen LogP contribution in [0.5, 0.6) is 0 Å². The van der Waals surface area contributed by atoms with Crippen LogP contribution in [0.3, 0.4) is 0 Å². The minimum atomic E-state index is -0.384. The van der Waals surface area contributed by atoms with Crippen LogP contribution in [0, 0.1) is 6.92 Å². The van der Waals surface area contributed by atoms with Crippen molar-refractivity contribution >= 4 is 22.8 Å². The smallest absolute Gasteiger partial charge is 0.294 e. The zero-order chi connectivity index (χ0) is 18.6. The number of imidazole rings is 1. The second kappa shape index (κ2) is 5.69. The molecule has 2 aromatic heterocycles. The highest BCUT2D eigenvalue weighted by atomic mass is 16.2. The average Bonchev–Trinajstić information content (AvgIpc) is 3.01. The first kappa shape index (κ1) is 16.3. The Balaban J connectivity index is 1.99. The lowest BCUT2D eigenvalue weighted by molar-refractivity contribution is 0.645. The number of rotatable bonds is 2. The Labute approximate surface area is 149 Å². The molecule has 0 spiro atoms. The van der Waals surface area contributed by atoms with Crippen LogP contribution in [0.25, 0.3) is 11.2 Å². The van der Waals surface area contributed by atoms with Crippen LogP contribution in [0.2, 0.25) is 0 Å². The van der Waals surface area contributed by atoms with Crippen LogP contribution in [0.1, 0.15) is 31.0 Å². The van der Waals surface area contributed by atoms with Crippen molar-refractivity contribution in [3.05, 3.63) is 56.2 Å². The van der Waals surface area contributed by atoms with Gasteiger partial charge in [-0.1, -0.05) is 29.8 Å². The molecular weight excluding hydrogens is 332 g/mol. The highest BCUT2D eigenvalue weighted by molar-refractivity contribution is 5.90. The van der Waals surface area contributed by atoms with Gasteiger partial charge in [0.1, 0.15) is 0 Å². The molecule has 134 valence electrons. The van der Waals surface area contributed by atoms with E-state index >= 15 is 0 Å². The predicted molar refractivity (Wildman–Crippen MR) is 101 cm³/mol. The molecule has 4 rings (SSSR count). The molecule has 3 aromatic rings. The Hall–Kier alpha value is -3.16. The van der Waals surface area contributed by atoms with Crippen molar-refractivity contribution in [2.45, 2.75) is 33.4 Å². The van der Waals surface area contributed by atoms with E-state index in [1.807, 2.05) is 49.6 Å². The molecule has 1 aliphatic rings. The van der Waals surface area contributed by atoms with Gasteiger partial charge in [-0.25, -0.2) is 10.2 Å². The van der Waals surface area contributed by atoms with Crippen LogP contribution in [-0.4, -0.2) is 24.4 Å². The van der Waals surface area contributed by atoms with Crippen molar-refractivity contribution in [1.29, 1.82) is 0 Å². The number of anilines is 1. The van der Waals surface area contributed by atoms with E-state index in [2.05, 4.69) is 15.5 Å². The second-order valence-corrected chi connectivity index (χ2v) is 6.74. The minimum absolute atomic E-state index is 0.117. The van der Waals surface area contributed by atoms with Crippen LogP contribution in [0.4, 0.5) is 5.95 Å². The number of hydrogen-bond donors (Lipinski definition) is 1. The van der Waals surface area contributed by atoms with Gasteiger partial charge in [-0.3, -0.25) is 18.5 Å². The second-order valence-electron chi connectivity index (χ2n) is 6.74. The summed E-state index contributed by atoms with van der Waals surface area (Å²) in [5, 5.41) is 4.22. The van der Waals surface area contributed by atoms with E-state index in [0.29, 0.717) is 17.1 Å². The number of hydrazone groups is 1. The third kappa shape index (κ3) is 2.29. The molecule has 1 aromatic carbocycles.